The highest BCUT2D eigenvalue weighted by Gasteiger charge is 2.23. The third-order valence-corrected chi connectivity index (χ3v) is 5.98. The van der Waals surface area contributed by atoms with Crippen molar-refractivity contribution in [2.75, 3.05) is 13.1 Å². The molecule has 1 atom stereocenters. The van der Waals surface area contributed by atoms with Crippen molar-refractivity contribution in [3.8, 4) is 0 Å². The summed E-state index contributed by atoms with van der Waals surface area (Å²) in [7, 11) is -3.63. The molecule has 0 saturated carbocycles. The molecule has 1 aliphatic rings. The van der Waals surface area contributed by atoms with Gasteiger partial charge < -0.3 is 5.32 Å². The lowest BCUT2D eigenvalue weighted by Crippen LogP contribution is -2.38. The van der Waals surface area contributed by atoms with Gasteiger partial charge in [-0.1, -0.05) is 41.9 Å². The highest BCUT2D eigenvalue weighted by molar-refractivity contribution is 7.89. The fraction of sp³-hybridized carbons (Fsp3) is 0.294. The standard InChI is InChI=1S/C17H19ClN2O2S/c1-12-6-7-17(15(18)10-12)23(21,22)20-11-16-14-5-3-2-4-13(14)8-9-19-16/h2-7,10,16,19-20H,8-9,11H2,1H3. The molecule has 0 spiro atoms. The first-order valence-corrected chi connectivity index (χ1v) is 9.40. The maximum atomic E-state index is 12.5. The van der Waals surface area contributed by atoms with E-state index >= 15 is 0 Å². The lowest BCUT2D eigenvalue weighted by Gasteiger charge is -2.27. The van der Waals surface area contributed by atoms with Gasteiger partial charge in [-0.05, 0) is 48.7 Å². The summed E-state index contributed by atoms with van der Waals surface area (Å²) in [4.78, 5) is 0.119. The van der Waals surface area contributed by atoms with Crippen LogP contribution in [0.25, 0.3) is 0 Å². The minimum atomic E-state index is -3.63. The number of hydrogen-bond donors (Lipinski definition) is 2. The first-order chi connectivity index (χ1) is 11.0. The zero-order valence-corrected chi connectivity index (χ0v) is 14.4. The molecule has 6 heteroatoms. The van der Waals surface area contributed by atoms with Gasteiger partial charge in [0.1, 0.15) is 4.90 Å². The normalized spacial score (nSPS) is 17.7. The lowest BCUT2D eigenvalue weighted by molar-refractivity contribution is 0.491. The maximum Gasteiger partial charge on any atom is 0.242 e. The predicted octanol–water partition coefficient (Wildman–Crippen LogP) is 2.81. The zero-order chi connectivity index (χ0) is 16.4. The van der Waals surface area contributed by atoms with Crippen molar-refractivity contribution in [3.63, 3.8) is 0 Å². The minimum absolute atomic E-state index is 0.0288. The number of aryl methyl sites for hydroxylation is 1. The van der Waals surface area contributed by atoms with Crippen molar-refractivity contribution in [2.45, 2.75) is 24.3 Å². The minimum Gasteiger partial charge on any atom is -0.308 e. The highest BCUT2D eigenvalue weighted by Crippen LogP contribution is 2.25. The number of rotatable bonds is 4. The van der Waals surface area contributed by atoms with E-state index in [1.54, 1.807) is 18.2 Å². The number of benzene rings is 2. The lowest BCUT2D eigenvalue weighted by atomic mass is 9.95. The number of halogens is 1. The van der Waals surface area contributed by atoms with Crippen LogP contribution in [0.5, 0.6) is 0 Å². The van der Waals surface area contributed by atoms with Gasteiger partial charge in [-0.15, -0.1) is 0 Å². The van der Waals surface area contributed by atoms with Crippen LogP contribution in [0.2, 0.25) is 5.02 Å². The van der Waals surface area contributed by atoms with Gasteiger partial charge in [0.05, 0.1) is 5.02 Å². The first-order valence-electron chi connectivity index (χ1n) is 7.54. The number of nitrogens with one attached hydrogen (secondary N) is 2. The quantitative estimate of drug-likeness (QED) is 0.891. The van der Waals surface area contributed by atoms with E-state index in [1.807, 2.05) is 25.1 Å². The molecule has 23 heavy (non-hydrogen) atoms. The molecule has 1 aliphatic heterocycles. The van der Waals surface area contributed by atoms with Crippen LogP contribution >= 0.6 is 11.6 Å². The number of fused-ring (bicyclic) bond motifs is 1. The van der Waals surface area contributed by atoms with Crippen molar-refractivity contribution in [1.82, 2.24) is 10.0 Å². The van der Waals surface area contributed by atoms with Crippen LogP contribution in [-0.4, -0.2) is 21.5 Å². The first kappa shape index (κ1) is 16.5. The van der Waals surface area contributed by atoms with E-state index in [2.05, 4.69) is 16.1 Å². The molecule has 0 aromatic heterocycles. The second-order valence-corrected chi connectivity index (χ2v) is 7.88. The average molecular weight is 351 g/mol. The molecule has 3 rings (SSSR count). The van der Waals surface area contributed by atoms with Crippen molar-refractivity contribution < 1.29 is 8.42 Å². The molecule has 2 N–H and O–H groups in total. The Labute approximate surface area is 141 Å². The summed E-state index contributed by atoms with van der Waals surface area (Å²) in [6.45, 7) is 3.01. The zero-order valence-electron chi connectivity index (χ0n) is 12.8. The van der Waals surface area contributed by atoms with Crippen LogP contribution in [0.1, 0.15) is 22.7 Å². The molecule has 122 valence electrons. The SMILES string of the molecule is Cc1ccc(S(=O)(=O)NCC2NCCc3ccccc32)c(Cl)c1. The molecule has 0 bridgehead atoms. The topological polar surface area (TPSA) is 58.2 Å². The van der Waals surface area contributed by atoms with Gasteiger partial charge in [-0.25, -0.2) is 13.1 Å². The summed E-state index contributed by atoms with van der Waals surface area (Å²) < 4.78 is 27.7. The van der Waals surface area contributed by atoms with Gasteiger partial charge in [0.15, 0.2) is 0 Å². The van der Waals surface area contributed by atoms with Gasteiger partial charge in [-0.3, -0.25) is 0 Å². The van der Waals surface area contributed by atoms with Gasteiger partial charge in [0.2, 0.25) is 10.0 Å². The largest absolute Gasteiger partial charge is 0.308 e. The van der Waals surface area contributed by atoms with Gasteiger partial charge in [0, 0.05) is 12.6 Å². The summed E-state index contributed by atoms with van der Waals surface area (Å²) in [6.07, 6.45) is 0.962. The molecule has 2 aromatic rings. The van der Waals surface area contributed by atoms with Crippen LogP contribution in [-0.2, 0) is 16.4 Å². The Balaban J connectivity index is 1.78. The van der Waals surface area contributed by atoms with E-state index in [0.29, 0.717) is 6.54 Å². The monoisotopic (exact) mass is 350 g/mol. The van der Waals surface area contributed by atoms with Crippen molar-refractivity contribution in [2.24, 2.45) is 0 Å². The third-order valence-electron chi connectivity index (χ3n) is 4.07. The molecule has 0 amide bonds. The Morgan fingerprint density at radius 1 is 1.26 bits per heavy atom. The molecule has 0 fully saturated rings. The Kier molecular flexibility index (Phi) is 4.73. The fourth-order valence-electron chi connectivity index (χ4n) is 2.87. The number of hydrogen-bond acceptors (Lipinski definition) is 3. The summed E-state index contributed by atoms with van der Waals surface area (Å²) in [6, 6.07) is 13.0. The van der Waals surface area contributed by atoms with Gasteiger partial charge in [0.25, 0.3) is 0 Å². The van der Waals surface area contributed by atoms with Crippen molar-refractivity contribution >= 4 is 21.6 Å². The second-order valence-electron chi connectivity index (χ2n) is 5.74. The third kappa shape index (κ3) is 3.58. The summed E-state index contributed by atoms with van der Waals surface area (Å²) in [5, 5.41) is 3.61. The summed E-state index contributed by atoms with van der Waals surface area (Å²) >= 11 is 6.08. The van der Waals surface area contributed by atoms with E-state index in [0.717, 1.165) is 24.1 Å². The number of sulfonamides is 1. The van der Waals surface area contributed by atoms with Gasteiger partial charge >= 0.3 is 0 Å². The van der Waals surface area contributed by atoms with Crippen LogP contribution in [0.3, 0.4) is 0 Å². The summed E-state index contributed by atoms with van der Waals surface area (Å²) in [5.41, 5.74) is 3.34. The highest BCUT2D eigenvalue weighted by atomic mass is 35.5. The van der Waals surface area contributed by atoms with Crippen molar-refractivity contribution in [1.29, 1.82) is 0 Å². The molecule has 0 saturated heterocycles. The maximum absolute atomic E-state index is 12.5. The Morgan fingerprint density at radius 2 is 2.04 bits per heavy atom. The molecule has 2 aromatic carbocycles. The molecule has 0 aliphatic carbocycles. The Morgan fingerprint density at radius 3 is 2.83 bits per heavy atom. The molecule has 0 radical (unpaired) electrons. The van der Waals surface area contributed by atoms with Gasteiger partial charge in [-0.2, -0.15) is 0 Å². The molecule has 1 heterocycles. The molecule has 1 unspecified atom stereocenters. The van der Waals surface area contributed by atoms with Crippen LogP contribution in [0.4, 0.5) is 0 Å². The average Bonchev–Trinajstić information content (AvgIpc) is 2.52. The summed E-state index contributed by atoms with van der Waals surface area (Å²) in [5.74, 6) is 0. The van der Waals surface area contributed by atoms with Crippen molar-refractivity contribution in [3.05, 3.63) is 64.2 Å². The van der Waals surface area contributed by atoms with E-state index in [-0.39, 0.29) is 16.0 Å². The molecular formula is C17H19ClN2O2S. The van der Waals surface area contributed by atoms with E-state index in [1.165, 1.54) is 5.56 Å². The molecule has 4 nitrogen and oxygen atoms in total. The Bertz CT molecular complexity index is 821. The predicted molar refractivity (Wildman–Crippen MR) is 92.3 cm³/mol. The fourth-order valence-corrected chi connectivity index (χ4v) is 4.51. The van der Waals surface area contributed by atoms with Crippen LogP contribution in [0, 0.1) is 6.92 Å². The van der Waals surface area contributed by atoms with E-state index < -0.39 is 10.0 Å². The molecular weight excluding hydrogens is 332 g/mol. The smallest absolute Gasteiger partial charge is 0.242 e. The Hall–Kier alpha value is -1.40. The second kappa shape index (κ2) is 6.61. The van der Waals surface area contributed by atoms with Crippen LogP contribution in [0.15, 0.2) is 47.4 Å². The van der Waals surface area contributed by atoms with E-state index in [9.17, 15) is 8.42 Å². The van der Waals surface area contributed by atoms with Crippen LogP contribution < -0.4 is 10.0 Å². The van der Waals surface area contributed by atoms with E-state index in [4.69, 9.17) is 11.6 Å².